The second-order valence-corrected chi connectivity index (χ2v) is 5.20. The van der Waals surface area contributed by atoms with E-state index < -0.39 is 6.09 Å². The number of hydrogen-bond acceptors (Lipinski definition) is 3. The summed E-state index contributed by atoms with van der Waals surface area (Å²) in [6, 6.07) is 9.79. The quantitative estimate of drug-likeness (QED) is 0.822. The van der Waals surface area contributed by atoms with E-state index in [9.17, 15) is 14.4 Å². The fourth-order valence-electron chi connectivity index (χ4n) is 2.42. The van der Waals surface area contributed by atoms with E-state index in [2.05, 4.69) is 5.32 Å². The summed E-state index contributed by atoms with van der Waals surface area (Å²) < 4.78 is 0. The lowest BCUT2D eigenvalue weighted by atomic mass is 9.72. The van der Waals surface area contributed by atoms with Crippen LogP contribution in [-0.4, -0.2) is 22.8 Å². The molecule has 22 heavy (non-hydrogen) atoms. The molecule has 1 fully saturated rings. The van der Waals surface area contributed by atoms with Crippen LogP contribution in [0.15, 0.2) is 54.6 Å². The molecule has 1 aromatic carbocycles. The lowest BCUT2D eigenvalue weighted by Crippen LogP contribution is -2.50. The highest BCUT2D eigenvalue weighted by Crippen LogP contribution is 2.40. The second kappa shape index (κ2) is 6.85. The average molecular weight is 299 g/mol. The van der Waals surface area contributed by atoms with Gasteiger partial charge in [-0.2, -0.15) is 0 Å². The highest BCUT2D eigenvalue weighted by Gasteiger charge is 2.39. The first-order valence-corrected chi connectivity index (χ1v) is 7.03. The average Bonchev–Trinajstić information content (AvgIpc) is 2.47. The van der Waals surface area contributed by atoms with Crippen molar-refractivity contribution in [3.8, 4) is 0 Å². The molecule has 1 amide bonds. The Hall–Kier alpha value is -2.69. The van der Waals surface area contributed by atoms with Gasteiger partial charge in [0.05, 0.1) is 5.54 Å². The van der Waals surface area contributed by atoms with Crippen molar-refractivity contribution in [3.63, 3.8) is 0 Å². The first-order chi connectivity index (χ1) is 10.5. The Balaban J connectivity index is 0.000000188. The Bertz CT molecular complexity index is 589. The highest BCUT2D eigenvalue weighted by molar-refractivity contribution is 6.14. The summed E-state index contributed by atoms with van der Waals surface area (Å²) in [4.78, 5) is 31.2. The van der Waals surface area contributed by atoms with E-state index in [-0.39, 0.29) is 17.1 Å². The van der Waals surface area contributed by atoms with Gasteiger partial charge in [-0.3, -0.25) is 9.59 Å². The van der Waals surface area contributed by atoms with Crippen molar-refractivity contribution >= 4 is 17.7 Å². The second-order valence-electron chi connectivity index (χ2n) is 5.20. The summed E-state index contributed by atoms with van der Waals surface area (Å²) in [7, 11) is 0. The van der Waals surface area contributed by atoms with Crippen molar-refractivity contribution in [2.75, 3.05) is 0 Å². The maximum Gasteiger partial charge on any atom is 0.405 e. The largest absolute Gasteiger partial charge is 0.465 e. The van der Waals surface area contributed by atoms with Crippen molar-refractivity contribution < 1.29 is 19.5 Å². The number of carbonyl (C=O) groups is 3. The zero-order valence-electron chi connectivity index (χ0n) is 12.0. The number of nitrogens with one attached hydrogen (secondary N) is 1. The SMILES string of the molecule is O=C(O)NC1(c2ccccc2)CCC1.O=C1C=CC(=O)C=C1. The van der Waals surface area contributed by atoms with Crippen molar-refractivity contribution in [1.82, 2.24) is 5.32 Å². The van der Waals surface area contributed by atoms with Gasteiger partial charge in [-0.1, -0.05) is 30.3 Å². The topological polar surface area (TPSA) is 83.5 Å². The third-order valence-electron chi connectivity index (χ3n) is 3.70. The van der Waals surface area contributed by atoms with Crippen LogP contribution in [0.3, 0.4) is 0 Å². The van der Waals surface area contributed by atoms with E-state index in [0.717, 1.165) is 24.8 Å². The molecule has 0 unspecified atom stereocenters. The van der Waals surface area contributed by atoms with Gasteiger partial charge in [0.1, 0.15) is 0 Å². The fraction of sp³-hybridized carbons (Fsp3) is 0.235. The number of rotatable bonds is 2. The summed E-state index contributed by atoms with van der Waals surface area (Å²) >= 11 is 0. The molecule has 1 aromatic rings. The van der Waals surface area contributed by atoms with Gasteiger partial charge in [0.2, 0.25) is 0 Å². The third-order valence-corrected chi connectivity index (χ3v) is 3.70. The van der Waals surface area contributed by atoms with E-state index >= 15 is 0 Å². The predicted molar refractivity (Wildman–Crippen MR) is 81.4 cm³/mol. The molecule has 2 aliphatic rings. The summed E-state index contributed by atoms with van der Waals surface area (Å²) in [5.41, 5.74) is 0.765. The third kappa shape index (κ3) is 3.91. The molecule has 5 nitrogen and oxygen atoms in total. The molecule has 0 aliphatic heterocycles. The van der Waals surface area contributed by atoms with Crippen LogP contribution in [0.5, 0.6) is 0 Å². The van der Waals surface area contributed by atoms with Gasteiger partial charge in [0, 0.05) is 0 Å². The number of amides is 1. The highest BCUT2D eigenvalue weighted by atomic mass is 16.4. The number of carboxylic acid groups (broad SMARTS) is 1. The smallest absolute Gasteiger partial charge is 0.405 e. The molecular formula is C17H17NO4. The minimum atomic E-state index is -0.937. The molecule has 0 aromatic heterocycles. The van der Waals surface area contributed by atoms with Crippen LogP contribution in [0, 0.1) is 0 Å². The lowest BCUT2D eigenvalue weighted by molar-refractivity contribution is -0.113. The fourth-order valence-corrected chi connectivity index (χ4v) is 2.42. The lowest BCUT2D eigenvalue weighted by Gasteiger charge is -2.42. The molecule has 2 N–H and O–H groups in total. The number of hydrogen-bond donors (Lipinski definition) is 2. The van der Waals surface area contributed by atoms with Crippen molar-refractivity contribution in [2.45, 2.75) is 24.8 Å². The maximum atomic E-state index is 10.7. The Morgan fingerprint density at radius 3 is 1.82 bits per heavy atom. The number of ketones is 2. The standard InChI is InChI=1S/C11H13NO2.C6H4O2/c13-10(14)12-11(7-4-8-11)9-5-2-1-3-6-9;7-5-1-2-6(8)4-3-5/h1-3,5-6,12H,4,7-8H2,(H,13,14);1-4H. The van der Waals surface area contributed by atoms with Gasteiger partial charge >= 0.3 is 6.09 Å². The maximum absolute atomic E-state index is 10.7. The Morgan fingerprint density at radius 1 is 0.955 bits per heavy atom. The van der Waals surface area contributed by atoms with Crippen molar-refractivity contribution in [3.05, 3.63) is 60.2 Å². The van der Waals surface area contributed by atoms with E-state index in [4.69, 9.17) is 5.11 Å². The van der Waals surface area contributed by atoms with Gasteiger partial charge in [0.25, 0.3) is 0 Å². The minimum absolute atomic E-state index is 0.121. The number of allylic oxidation sites excluding steroid dienone is 4. The molecule has 2 aliphatic carbocycles. The Kier molecular flexibility index (Phi) is 4.88. The van der Waals surface area contributed by atoms with Crippen LogP contribution in [0.2, 0.25) is 0 Å². The van der Waals surface area contributed by atoms with E-state index in [1.54, 1.807) is 0 Å². The monoisotopic (exact) mass is 299 g/mol. The van der Waals surface area contributed by atoms with Crippen LogP contribution in [0.4, 0.5) is 4.79 Å². The van der Waals surface area contributed by atoms with Crippen molar-refractivity contribution in [2.24, 2.45) is 0 Å². The zero-order valence-corrected chi connectivity index (χ0v) is 12.0. The molecule has 0 bridgehead atoms. The summed E-state index contributed by atoms with van der Waals surface area (Å²) in [6.07, 6.45) is 6.98. The molecule has 0 heterocycles. The molecule has 114 valence electrons. The molecule has 0 spiro atoms. The van der Waals surface area contributed by atoms with Gasteiger partial charge < -0.3 is 10.4 Å². The van der Waals surface area contributed by atoms with E-state index in [1.165, 1.54) is 24.3 Å². The Morgan fingerprint density at radius 2 is 1.45 bits per heavy atom. The molecule has 0 saturated heterocycles. The predicted octanol–water partition coefficient (Wildman–Crippen LogP) is 2.58. The van der Waals surface area contributed by atoms with Crippen molar-refractivity contribution in [1.29, 1.82) is 0 Å². The Labute approximate surface area is 128 Å². The van der Waals surface area contributed by atoms with E-state index in [1.807, 2.05) is 30.3 Å². The van der Waals surface area contributed by atoms with Gasteiger partial charge in [0.15, 0.2) is 11.6 Å². The molecule has 3 rings (SSSR count). The first-order valence-electron chi connectivity index (χ1n) is 7.03. The zero-order chi connectivity index (χ0) is 16.0. The van der Waals surface area contributed by atoms with Crippen LogP contribution in [0.1, 0.15) is 24.8 Å². The molecule has 0 radical (unpaired) electrons. The van der Waals surface area contributed by atoms with Crippen LogP contribution in [-0.2, 0) is 15.1 Å². The molecule has 1 saturated carbocycles. The normalized spacial score (nSPS) is 18.0. The molecule has 0 atom stereocenters. The number of carbonyl (C=O) groups excluding carboxylic acids is 2. The van der Waals surface area contributed by atoms with Crippen LogP contribution in [0.25, 0.3) is 0 Å². The van der Waals surface area contributed by atoms with Gasteiger partial charge in [-0.05, 0) is 49.1 Å². The first kappa shape index (κ1) is 15.7. The molecular weight excluding hydrogens is 282 g/mol. The summed E-state index contributed by atoms with van der Waals surface area (Å²) in [5, 5.41) is 11.4. The van der Waals surface area contributed by atoms with Crippen LogP contribution < -0.4 is 5.32 Å². The summed E-state index contributed by atoms with van der Waals surface area (Å²) in [6.45, 7) is 0. The summed E-state index contributed by atoms with van der Waals surface area (Å²) in [5.74, 6) is -0.241. The van der Waals surface area contributed by atoms with E-state index in [0.29, 0.717) is 0 Å². The minimum Gasteiger partial charge on any atom is -0.465 e. The van der Waals surface area contributed by atoms with Crippen LogP contribution >= 0.6 is 0 Å². The van der Waals surface area contributed by atoms with Gasteiger partial charge in [-0.15, -0.1) is 0 Å². The van der Waals surface area contributed by atoms with Gasteiger partial charge in [-0.25, -0.2) is 4.79 Å². The molecule has 5 heteroatoms. The number of benzene rings is 1.